The molecule has 0 bridgehead atoms. The topological polar surface area (TPSA) is 107 Å². The van der Waals surface area contributed by atoms with Crippen molar-refractivity contribution in [3.8, 4) is 34.0 Å². The normalized spacial score (nSPS) is 15.1. The lowest BCUT2D eigenvalue weighted by molar-refractivity contribution is -0.105. The number of aromatic nitrogens is 2. The van der Waals surface area contributed by atoms with Crippen molar-refractivity contribution in [2.45, 2.75) is 25.0 Å². The molecule has 1 aromatic heterocycles. The van der Waals surface area contributed by atoms with Crippen molar-refractivity contribution >= 4 is 17.8 Å². The summed E-state index contributed by atoms with van der Waals surface area (Å²) in [5, 5.41) is 14.0. The second kappa shape index (κ2) is 13.3. The van der Waals surface area contributed by atoms with Gasteiger partial charge in [-0.1, -0.05) is 77.4 Å². The largest absolute Gasteiger partial charge is 0.506 e. The Morgan fingerprint density at radius 3 is 2.41 bits per heavy atom. The number of rotatable bonds is 11. The van der Waals surface area contributed by atoms with Gasteiger partial charge in [0, 0.05) is 61.3 Å². The van der Waals surface area contributed by atoms with E-state index in [1.807, 2.05) is 72.8 Å². The van der Waals surface area contributed by atoms with Crippen molar-refractivity contribution in [2.24, 2.45) is 0 Å². The van der Waals surface area contributed by atoms with Crippen LogP contribution < -0.4 is 0 Å². The summed E-state index contributed by atoms with van der Waals surface area (Å²) >= 11 is 6.57. The molecule has 1 aliphatic heterocycles. The molecule has 5 rings (SSSR count). The summed E-state index contributed by atoms with van der Waals surface area (Å²) in [5.74, 6) is 0.897. The molecule has 1 saturated heterocycles. The number of hydrogen-bond acceptors (Lipinski definition) is 8. The molecule has 1 aliphatic rings. The molecule has 1 fully saturated rings. The van der Waals surface area contributed by atoms with Gasteiger partial charge in [-0.25, -0.2) is 4.79 Å². The number of piperidine rings is 1. The fraction of sp³-hybridized carbons (Fsp3) is 0.323. The van der Waals surface area contributed by atoms with Crippen molar-refractivity contribution in [2.75, 3.05) is 40.0 Å². The molecule has 3 aromatic carbocycles. The molecule has 0 atom stereocenters. The Morgan fingerprint density at radius 2 is 1.73 bits per heavy atom. The fourth-order valence-corrected chi connectivity index (χ4v) is 5.25. The van der Waals surface area contributed by atoms with E-state index in [9.17, 15) is 9.90 Å². The number of carbonyl (C=O) groups is 1. The van der Waals surface area contributed by atoms with Gasteiger partial charge in [-0.05, 0) is 23.3 Å². The van der Waals surface area contributed by atoms with Crippen molar-refractivity contribution in [3.05, 3.63) is 83.4 Å². The molecule has 0 saturated carbocycles. The molecule has 2 heterocycles. The molecule has 1 N–H and O–H groups in total. The van der Waals surface area contributed by atoms with Crippen LogP contribution in [0.4, 0.5) is 4.79 Å². The number of methoxy groups -OCH3 is 1. The quantitative estimate of drug-likeness (QED) is 0.160. The smallest absolute Gasteiger partial charge is 0.450 e. The van der Waals surface area contributed by atoms with Gasteiger partial charge >= 0.3 is 6.16 Å². The molecule has 214 valence electrons. The minimum absolute atomic E-state index is 0.223. The predicted molar refractivity (Wildman–Crippen MR) is 155 cm³/mol. The first-order valence-electron chi connectivity index (χ1n) is 13.4. The molecule has 0 amide bonds. The minimum atomic E-state index is -1.28. The SMILES string of the molecule is COCCOCC1(OC(=O)O)CCN(Cc2ccc(-c3noc(-c4ccc(-c5ccccc5)c(Cl)c4)n3)cc2)CC1. The minimum Gasteiger partial charge on any atom is -0.450 e. The number of benzene rings is 3. The molecule has 9 nitrogen and oxygen atoms in total. The summed E-state index contributed by atoms with van der Waals surface area (Å²) in [6.45, 7) is 3.20. The molecular formula is C31H32ClN3O6. The Morgan fingerprint density at radius 1 is 1.00 bits per heavy atom. The van der Waals surface area contributed by atoms with E-state index < -0.39 is 11.8 Å². The van der Waals surface area contributed by atoms with Gasteiger partial charge in [-0.3, -0.25) is 4.90 Å². The van der Waals surface area contributed by atoms with Crippen molar-refractivity contribution < 1.29 is 28.6 Å². The Bertz CT molecular complexity index is 1440. The van der Waals surface area contributed by atoms with E-state index in [-0.39, 0.29) is 6.61 Å². The van der Waals surface area contributed by atoms with E-state index in [1.54, 1.807) is 7.11 Å². The van der Waals surface area contributed by atoms with Crippen molar-refractivity contribution in [3.63, 3.8) is 0 Å². The number of likely N-dealkylation sites (tertiary alicyclic amines) is 1. The zero-order valence-electron chi connectivity index (χ0n) is 22.8. The van der Waals surface area contributed by atoms with Crippen molar-refractivity contribution in [1.82, 2.24) is 15.0 Å². The van der Waals surface area contributed by atoms with E-state index in [0.29, 0.717) is 55.9 Å². The summed E-state index contributed by atoms with van der Waals surface area (Å²) in [6.07, 6.45) is -0.153. The van der Waals surface area contributed by atoms with Crippen LogP contribution in [-0.4, -0.2) is 71.9 Å². The number of hydrogen-bond donors (Lipinski definition) is 1. The van der Waals surface area contributed by atoms with Crippen LogP contribution in [0.2, 0.25) is 5.02 Å². The van der Waals surface area contributed by atoms with Crippen LogP contribution in [-0.2, 0) is 20.8 Å². The Kier molecular flexibility index (Phi) is 9.31. The molecule has 41 heavy (non-hydrogen) atoms. The van der Waals surface area contributed by atoms with E-state index in [1.165, 1.54) is 0 Å². The van der Waals surface area contributed by atoms with E-state index in [0.717, 1.165) is 34.4 Å². The molecule has 0 radical (unpaired) electrons. The number of carboxylic acid groups (broad SMARTS) is 1. The zero-order chi connectivity index (χ0) is 28.7. The number of ether oxygens (including phenoxy) is 3. The van der Waals surface area contributed by atoms with Crippen LogP contribution in [0.15, 0.2) is 77.3 Å². The fourth-order valence-electron chi connectivity index (χ4n) is 4.96. The highest BCUT2D eigenvalue weighted by atomic mass is 35.5. The van der Waals surface area contributed by atoms with Crippen LogP contribution in [0, 0.1) is 0 Å². The lowest BCUT2D eigenvalue weighted by Crippen LogP contribution is -2.49. The third-order valence-corrected chi connectivity index (χ3v) is 7.53. The molecule has 0 unspecified atom stereocenters. The highest BCUT2D eigenvalue weighted by molar-refractivity contribution is 6.33. The van der Waals surface area contributed by atoms with Crippen LogP contribution in [0.3, 0.4) is 0 Å². The van der Waals surface area contributed by atoms with Gasteiger partial charge in [-0.15, -0.1) is 0 Å². The van der Waals surface area contributed by atoms with Crippen LogP contribution in [0.5, 0.6) is 0 Å². The summed E-state index contributed by atoms with van der Waals surface area (Å²) in [6, 6.07) is 23.7. The molecule has 4 aromatic rings. The van der Waals surface area contributed by atoms with Gasteiger partial charge in [0.1, 0.15) is 5.60 Å². The first-order valence-corrected chi connectivity index (χ1v) is 13.8. The van der Waals surface area contributed by atoms with Crippen LogP contribution in [0.1, 0.15) is 18.4 Å². The van der Waals surface area contributed by atoms with Gasteiger partial charge in [0.05, 0.1) is 19.8 Å². The summed E-state index contributed by atoms with van der Waals surface area (Å²) in [7, 11) is 1.60. The Hall–Kier alpha value is -3.76. The third-order valence-electron chi connectivity index (χ3n) is 7.21. The van der Waals surface area contributed by atoms with Gasteiger partial charge in [-0.2, -0.15) is 4.98 Å². The Labute approximate surface area is 243 Å². The third kappa shape index (κ3) is 7.31. The molecule has 0 aliphatic carbocycles. The predicted octanol–water partition coefficient (Wildman–Crippen LogP) is 6.42. The lowest BCUT2D eigenvalue weighted by Gasteiger charge is -2.40. The molecular weight excluding hydrogens is 546 g/mol. The highest BCUT2D eigenvalue weighted by Crippen LogP contribution is 2.33. The van der Waals surface area contributed by atoms with Crippen LogP contribution in [0.25, 0.3) is 34.0 Å². The van der Waals surface area contributed by atoms with Gasteiger partial charge in [0.15, 0.2) is 0 Å². The first kappa shape index (κ1) is 28.8. The van der Waals surface area contributed by atoms with Crippen LogP contribution >= 0.6 is 11.6 Å². The maximum Gasteiger partial charge on any atom is 0.506 e. The lowest BCUT2D eigenvalue weighted by atomic mass is 9.91. The average Bonchev–Trinajstić information content (AvgIpc) is 3.48. The monoisotopic (exact) mass is 577 g/mol. The summed E-state index contributed by atoms with van der Waals surface area (Å²) in [4.78, 5) is 18.2. The molecule has 10 heteroatoms. The second-order valence-corrected chi connectivity index (χ2v) is 10.5. The number of halogens is 1. The maximum atomic E-state index is 11.3. The van der Waals surface area contributed by atoms with Crippen molar-refractivity contribution in [1.29, 1.82) is 0 Å². The van der Waals surface area contributed by atoms with Gasteiger partial charge in [0.2, 0.25) is 5.82 Å². The summed E-state index contributed by atoms with van der Waals surface area (Å²) < 4.78 is 21.5. The highest BCUT2D eigenvalue weighted by Gasteiger charge is 2.38. The second-order valence-electron chi connectivity index (χ2n) is 10.1. The van der Waals surface area contributed by atoms with E-state index in [4.69, 9.17) is 30.3 Å². The van der Waals surface area contributed by atoms with E-state index in [2.05, 4.69) is 15.0 Å². The first-order chi connectivity index (χ1) is 19.9. The summed E-state index contributed by atoms with van der Waals surface area (Å²) in [5.41, 5.74) is 3.88. The van der Waals surface area contributed by atoms with E-state index >= 15 is 0 Å². The van der Waals surface area contributed by atoms with Gasteiger partial charge in [0.25, 0.3) is 5.89 Å². The average molecular weight is 578 g/mol. The molecule has 0 spiro atoms. The van der Waals surface area contributed by atoms with Gasteiger partial charge < -0.3 is 23.8 Å². The maximum absolute atomic E-state index is 11.3. The zero-order valence-corrected chi connectivity index (χ0v) is 23.5. The standard InChI is InChI=1S/C31H32ClN3O6/c1-38-17-18-39-21-31(40-30(36)37)13-15-35(16-14-31)20-22-7-9-24(10-8-22)28-33-29(41-34-28)25-11-12-26(27(32)19-25)23-5-3-2-4-6-23/h2-12,19H,13-18,20-21H2,1H3,(H,36,37). The Balaban J connectivity index is 1.19. The number of nitrogens with zero attached hydrogens (tertiary/aromatic N) is 3.